The molecule has 0 saturated heterocycles. The van der Waals surface area contributed by atoms with Gasteiger partial charge in [0, 0.05) is 26.4 Å². The second-order valence-electron chi connectivity index (χ2n) is 5.50. The standard InChI is InChI=1S/C17H38O4Si/c1-5-9-13-20-16(21-14-10-6-2)12-11-15-22-17(18-7-3)19-8-4/h16-17H,5-15,22H2,1-4H3. The molecule has 0 aromatic rings. The monoisotopic (exact) mass is 334 g/mol. The zero-order chi connectivity index (χ0) is 16.5. The van der Waals surface area contributed by atoms with E-state index in [4.69, 9.17) is 18.9 Å². The summed E-state index contributed by atoms with van der Waals surface area (Å²) in [5, 5.41) is 0. The highest BCUT2D eigenvalue weighted by Gasteiger charge is 2.12. The second-order valence-corrected chi connectivity index (χ2v) is 7.45. The maximum Gasteiger partial charge on any atom is 0.157 e. The van der Waals surface area contributed by atoms with Gasteiger partial charge in [-0.25, -0.2) is 0 Å². The Labute approximate surface area is 140 Å². The van der Waals surface area contributed by atoms with Gasteiger partial charge in [0.25, 0.3) is 0 Å². The van der Waals surface area contributed by atoms with Crippen LogP contribution in [-0.4, -0.2) is 48.2 Å². The van der Waals surface area contributed by atoms with Gasteiger partial charge in [0.2, 0.25) is 0 Å². The third-order valence-corrected chi connectivity index (χ3v) is 5.29. The Morgan fingerprint density at radius 3 is 1.73 bits per heavy atom. The first-order chi connectivity index (χ1) is 10.8. The van der Waals surface area contributed by atoms with Crippen molar-refractivity contribution in [2.45, 2.75) is 84.5 Å². The van der Waals surface area contributed by atoms with Gasteiger partial charge in [0.1, 0.15) is 5.91 Å². The quantitative estimate of drug-likeness (QED) is 0.231. The van der Waals surface area contributed by atoms with Crippen molar-refractivity contribution in [2.75, 3.05) is 26.4 Å². The molecule has 0 heterocycles. The molecule has 5 heteroatoms. The molecule has 0 aliphatic carbocycles. The average molecular weight is 335 g/mol. The van der Waals surface area contributed by atoms with Gasteiger partial charge < -0.3 is 18.9 Å². The van der Waals surface area contributed by atoms with E-state index in [1.165, 1.54) is 18.9 Å². The zero-order valence-electron chi connectivity index (χ0n) is 15.3. The lowest BCUT2D eigenvalue weighted by molar-refractivity contribution is -0.147. The van der Waals surface area contributed by atoms with Crippen molar-refractivity contribution in [3.8, 4) is 0 Å². The molecule has 0 aromatic carbocycles. The van der Waals surface area contributed by atoms with Gasteiger partial charge in [0.05, 0.1) is 9.52 Å². The summed E-state index contributed by atoms with van der Waals surface area (Å²) in [7, 11) is -0.342. The summed E-state index contributed by atoms with van der Waals surface area (Å²) in [5.74, 6) is 0.0791. The molecule has 0 saturated carbocycles. The second kappa shape index (κ2) is 17.4. The first-order valence-electron chi connectivity index (χ1n) is 9.24. The van der Waals surface area contributed by atoms with Crippen molar-refractivity contribution in [3.63, 3.8) is 0 Å². The van der Waals surface area contributed by atoms with Gasteiger partial charge in [-0.1, -0.05) is 39.2 Å². The summed E-state index contributed by atoms with van der Waals surface area (Å²) < 4.78 is 23.0. The Kier molecular flexibility index (Phi) is 17.5. The third-order valence-electron chi connectivity index (χ3n) is 3.44. The van der Waals surface area contributed by atoms with Crippen LogP contribution in [0.3, 0.4) is 0 Å². The van der Waals surface area contributed by atoms with Crippen LogP contribution in [0.2, 0.25) is 6.04 Å². The molecular weight excluding hydrogens is 296 g/mol. The van der Waals surface area contributed by atoms with Crippen LogP contribution in [0.5, 0.6) is 0 Å². The predicted molar refractivity (Wildman–Crippen MR) is 95.1 cm³/mol. The van der Waals surface area contributed by atoms with Gasteiger partial charge in [-0.2, -0.15) is 0 Å². The fraction of sp³-hybridized carbons (Fsp3) is 1.00. The zero-order valence-corrected chi connectivity index (χ0v) is 16.7. The Hall–Kier alpha value is 0.0569. The molecule has 0 radical (unpaired) electrons. The lowest BCUT2D eigenvalue weighted by Crippen LogP contribution is -2.25. The van der Waals surface area contributed by atoms with E-state index in [0.29, 0.717) is 0 Å². The minimum absolute atomic E-state index is 0.0234. The molecule has 0 aliphatic rings. The molecule has 0 rings (SSSR count). The fourth-order valence-electron chi connectivity index (χ4n) is 2.14. The van der Waals surface area contributed by atoms with Crippen molar-refractivity contribution < 1.29 is 18.9 Å². The molecule has 0 spiro atoms. The highest BCUT2D eigenvalue weighted by molar-refractivity contribution is 6.36. The van der Waals surface area contributed by atoms with Gasteiger partial charge in [-0.05, 0) is 33.1 Å². The molecule has 0 aliphatic heterocycles. The van der Waals surface area contributed by atoms with E-state index in [-0.39, 0.29) is 21.7 Å². The van der Waals surface area contributed by atoms with Gasteiger partial charge in [-0.3, -0.25) is 0 Å². The first-order valence-corrected chi connectivity index (χ1v) is 11.1. The summed E-state index contributed by atoms with van der Waals surface area (Å²) >= 11 is 0. The van der Waals surface area contributed by atoms with Crippen LogP contribution >= 0.6 is 0 Å². The molecule has 0 N–H and O–H groups in total. The minimum Gasteiger partial charge on any atom is -0.357 e. The smallest absolute Gasteiger partial charge is 0.157 e. The van der Waals surface area contributed by atoms with Crippen LogP contribution in [0.25, 0.3) is 0 Å². The van der Waals surface area contributed by atoms with E-state index in [0.717, 1.165) is 52.1 Å². The number of unbranched alkanes of at least 4 members (excludes halogenated alkanes) is 2. The van der Waals surface area contributed by atoms with Crippen molar-refractivity contribution in [3.05, 3.63) is 0 Å². The highest BCUT2D eigenvalue weighted by Crippen LogP contribution is 2.10. The topological polar surface area (TPSA) is 36.9 Å². The fourth-order valence-corrected chi connectivity index (χ4v) is 3.86. The van der Waals surface area contributed by atoms with E-state index >= 15 is 0 Å². The largest absolute Gasteiger partial charge is 0.357 e. The van der Waals surface area contributed by atoms with Crippen molar-refractivity contribution in [1.82, 2.24) is 0 Å². The van der Waals surface area contributed by atoms with Crippen LogP contribution in [0, 0.1) is 0 Å². The SMILES string of the molecule is CCCCOC(CCC[SiH2]C(OCC)OCC)OCCCC. The highest BCUT2D eigenvalue weighted by atomic mass is 28.2. The lowest BCUT2D eigenvalue weighted by atomic mass is 10.3. The van der Waals surface area contributed by atoms with Crippen LogP contribution in [0.4, 0.5) is 0 Å². The maximum atomic E-state index is 5.86. The predicted octanol–water partition coefficient (Wildman–Crippen LogP) is 3.67. The van der Waals surface area contributed by atoms with E-state index in [9.17, 15) is 0 Å². The van der Waals surface area contributed by atoms with Gasteiger partial charge >= 0.3 is 0 Å². The van der Waals surface area contributed by atoms with E-state index in [1.54, 1.807) is 0 Å². The van der Waals surface area contributed by atoms with E-state index in [1.807, 2.05) is 13.8 Å². The van der Waals surface area contributed by atoms with Gasteiger partial charge in [0.15, 0.2) is 6.29 Å². The number of ether oxygens (including phenoxy) is 4. The average Bonchev–Trinajstić information content (AvgIpc) is 2.51. The molecule has 4 nitrogen and oxygen atoms in total. The van der Waals surface area contributed by atoms with Crippen molar-refractivity contribution in [1.29, 1.82) is 0 Å². The first kappa shape index (κ1) is 22.1. The van der Waals surface area contributed by atoms with E-state index < -0.39 is 0 Å². The van der Waals surface area contributed by atoms with Crippen LogP contribution in [0.15, 0.2) is 0 Å². The molecule has 22 heavy (non-hydrogen) atoms. The summed E-state index contributed by atoms with van der Waals surface area (Å²) in [6.07, 6.45) is 6.66. The van der Waals surface area contributed by atoms with Gasteiger partial charge in [-0.15, -0.1) is 0 Å². The molecule has 0 unspecified atom stereocenters. The maximum absolute atomic E-state index is 5.86. The Balaban J connectivity index is 3.87. The Morgan fingerprint density at radius 1 is 0.727 bits per heavy atom. The molecule has 134 valence electrons. The Bertz CT molecular complexity index is 201. The molecular formula is C17H38O4Si. The summed E-state index contributed by atoms with van der Waals surface area (Å²) in [4.78, 5) is 0. The number of hydrogen-bond donors (Lipinski definition) is 0. The molecule has 0 fully saturated rings. The molecule has 0 atom stereocenters. The molecule has 0 bridgehead atoms. The summed E-state index contributed by atoms with van der Waals surface area (Å²) in [5.41, 5.74) is 0. The number of hydrogen-bond acceptors (Lipinski definition) is 4. The minimum atomic E-state index is -0.342. The van der Waals surface area contributed by atoms with Crippen molar-refractivity contribution in [2.24, 2.45) is 0 Å². The summed E-state index contributed by atoms with van der Waals surface area (Å²) in [6, 6.07) is 1.22. The summed E-state index contributed by atoms with van der Waals surface area (Å²) in [6.45, 7) is 11.5. The third kappa shape index (κ3) is 13.7. The van der Waals surface area contributed by atoms with Crippen LogP contribution in [0.1, 0.15) is 66.2 Å². The normalized spacial score (nSPS) is 12.3. The van der Waals surface area contributed by atoms with E-state index in [2.05, 4.69) is 13.8 Å². The molecule has 0 amide bonds. The molecule has 0 aromatic heterocycles. The number of rotatable bonds is 17. The van der Waals surface area contributed by atoms with Crippen LogP contribution in [-0.2, 0) is 18.9 Å². The van der Waals surface area contributed by atoms with Crippen molar-refractivity contribution >= 4 is 9.52 Å². The van der Waals surface area contributed by atoms with Crippen LogP contribution < -0.4 is 0 Å². The Morgan fingerprint density at radius 2 is 1.27 bits per heavy atom. The lowest BCUT2D eigenvalue weighted by Gasteiger charge is -2.20.